The zero-order chi connectivity index (χ0) is 22.1. The van der Waals surface area contributed by atoms with Gasteiger partial charge in [0.25, 0.3) is 11.7 Å². The Morgan fingerprint density at radius 2 is 1.74 bits per heavy atom. The van der Waals surface area contributed by atoms with Crippen LogP contribution >= 0.6 is 15.9 Å². The van der Waals surface area contributed by atoms with Gasteiger partial charge in [0.05, 0.1) is 18.7 Å². The number of Topliss-reactive ketones (excluding diaryl/α,β-unsaturated/α-hetero) is 1. The molecule has 2 aromatic carbocycles. The molecule has 31 heavy (non-hydrogen) atoms. The third-order valence-corrected chi connectivity index (χ3v) is 5.77. The molecule has 1 atom stereocenters. The Bertz CT molecular complexity index is 1190. The number of aryl methyl sites for hydroxylation is 1. The quantitative estimate of drug-likeness (QED) is 0.331. The van der Waals surface area contributed by atoms with Crippen molar-refractivity contribution in [1.82, 2.24) is 4.98 Å². The van der Waals surface area contributed by atoms with Crippen molar-refractivity contribution >= 4 is 39.1 Å². The molecule has 156 valence electrons. The lowest BCUT2D eigenvalue weighted by atomic mass is 9.95. The fourth-order valence-electron chi connectivity index (χ4n) is 3.74. The fourth-order valence-corrected chi connectivity index (χ4v) is 4.01. The number of carbonyl (C=O) groups is 2. The number of hydrogen-bond donors (Lipinski definition) is 1. The second-order valence-corrected chi connectivity index (χ2v) is 8.03. The van der Waals surface area contributed by atoms with E-state index in [9.17, 15) is 14.7 Å². The number of ether oxygens (including phenoxy) is 1. The van der Waals surface area contributed by atoms with Crippen LogP contribution in [0.25, 0.3) is 5.76 Å². The lowest BCUT2D eigenvalue weighted by Gasteiger charge is -2.25. The zero-order valence-corrected chi connectivity index (χ0v) is 18.5. The molecule has 0 spiro atoms. The number of rotatable bonds is 4. The van der Waals surface area contributed by atoms with E-state index in [0.29, 0.717) is 22.6 Å². The minimum absolute atomic E-state index is 0.0312. The van der Waals surface area contributed by atoms with Gasteiger partial charge in [0.1, 0.15) is 11.5 Å². The molecule has 2 heterocycles. The van der Waals surface area contributed by atoms with E-state index in [1.165, 1.54) is 4.90 Å². The highest BCUT2D eigenvalue weighted by Gasteiger charge is 2.46. The van der Waals surface area contributed by atoms with Crippen LogP contribution < -0.4 is 9.64 Å². The van der Waals surface area contributed by atoms with E-state index >= 15 is 0 Å². The summed E-state index contributed by atoms with van der Waals surface area (Å²) in [5.74, 6) is -1.00. The van der Waals surface area contributed by atoms with E-state index in [4.69, 9.17) is 4.74 Å². The predicted octanol–water partition coefficient (Wildman–Crippen LogP) is 4.79. The van der Waals surface area contributed by atoms with Crippen molar-refractivity contribution in [2.75, 3.05) is 12.0 Å². The summed E-state index contributed by atoms with van der Waals surface area (Å²) in [6, 6.07) is 14.9. The van der Waals surface area contributed by atoms with Crippen molar-refractivity contribution in [2.24, 2.45) is 0 Å². The van der Waals surface area contributed by atoms with Gasteiger partial charge in [-0.25, -0.2) is 0 Å². The average molecular weight is 479 g/mol. The van der Waals surface area contributed by atoms with Crippen LogP contribution in [0, 0.1) is 6.92 Å². The number of pyridine rings is 1. The molecule has 1 saturated heterocycles. The predicted molar refractivity (Wildman–Crippen MR) is 121 cm³/mol. The zero-order valence-electron chi connectivity index (χ0n) is 16.9. The molecule has 1 aromatic heterocycles. The first-order chi connectivity index (χ1) is 14.9. The van der Waals surface area contributed by atoms with Crippen molar-refractivity contribution in [1.29, 1.82) is 0 Å². The third kappa shape index (κ3) is 3.72. The molecule has 6 nitrogen and oxygen atoms in total. The summed E-state index contributed by atoms with van der Waals surface area (Å²) in [6.07, 6.45) is 3.18. The van der Waals surface area contributed by atoms with E-state index in [1.807, 2.05) is 6.92 Å². The van der Waals surface area contributed by atoms with Gasteiger partial charge in [0.2, 0.25) is 0 Å². The maximum atomic E-state index is 13.1. The lowest BCUT2D eigenvalue weighted by Crippen LogP contribution is -2.29. The van der Waals surface area contributed by atoms with Crippen molar-refractivity contribution in [2.45, 2.75) is 13.0 Å². The molecule has 3 aromatic rings. The second kappa shape index (κ2) is 8.35. The number of nitrogens with zero attached hydrogens (tertiary/aromatic N) is 2. The number of methoxy groups -OCH3 is 1. The Morgan fingerprint density at radius 3 is 2.35 bits per heavy atom. The molecule has 0 radical (unpaired) electrons. The van der Waals surface area contributed by atoms with Crippen LogP contribution in [-0.4, -0.2) is 28.9 Å². The van der Waals surface area contributed by atoms with Gasteiger partial charge in [0.15, 0.2) is 0 Å². The highest BCUT2D eigenvalue weighted by Crippen LogP contribution is 2.42. The van der Waals surface area contributed by atoms with Crippen LogP contribution in [0.15, 0.2) is 77.0 Å². The van der Waals surface area contributed by atoms with E-state index in [1.54, 1.807) is 74.1 Å². The van der Waals surface area contributed by atoms with Crippen LogP contribution in [0.4, 0.5) is 5.69 Å². The Balaban J connectivity index is 1.92. The standard InChI is InChI=1S/C24H19BrN2O4/c1-14-13-16(3-8-19(14)31-2)22(28)20-21(15-9-11-26-12-10-15)27(24(30)23(20)29)18-6-4-17(25)5-7-18/h3-13,21,28H,1-2H3/b22-20-. The van der Waals surface area contributed by atoms with Crippen LogP contribution in [-0.2, 0) is 9.59 Å². The van der Waals surface area contributed by atoms with Gasteiger partial charge in [-0.15, -0.1) is 0 Å². The van der Waals surface area contributed by atoms with Crippen LogP contribution in [0.5, 0.6) is 5.75 Å². The smallest absolute Gasteiger partial charge is 0.300 e. The summed E-state index contributed by atoms with van der Waals surface area (Å²) in [5, 5.41) is 11.2. The molecular formula is C24H19BrN2O4. The van der Waals surface area contributed by atoms with Crippen LogP contribution in [0.3, 0.4) is 0 Å². The van der Waals surface area contributed by atoms with Crippen LogP contribution in [0.1, 0.15) is 22.7 Å². The molecule has 0 bridgehead atoms. The monoisotopic (exact) mass is 478 g/mol. The lowest BCUT2D eigenvalue weighted by molar-refractivity contribution is -0.132. The van der Waals surface area contributed by atoms with Gasteiger partial charge in [-0.3, -0.25) is 19.5 Å². The molecule has 1 aliphatic rings. The number of benzene rings is 2. The molecule has 4 rings (SSSR count). The number of ketones is 1. The molecule has 0 saturated carbocycles. The van der Waals surface area contributed by atoms with Gasteiger partial charge in [-0.05, 0) is 72.6 Å². The molecule has 7 heteroatoms. The second-order valence-electron chi connectivity index (χ2n) is 7.11. The number of aliphatic hydroxyl groups is 1. The summed E-state index contributed by atoms with van der Waals surface area (Å²) in [7, 11) is 1.56. The number of aliphatic hydroxyl groups excluding tert-OH is 1. The number of aromatic nitrogens is 1. The maximum Gasteiger partial charge on any atom is 0.300 e. The molecule has 0 aliphatic carbocycles. The van der Waals surface area contributed by atoms with Gasteiger partial charge in [-0.2, -0.15) is 0 Å². The maximum absolute atomic E-state index is 13.1. The molecule has 1 amide bonds. The van der Waals surface area contributed by atoms with Crippen molar-refractivity contribution in [3.8, 4) is 5.75 Å². The Kier molecular flexibility index (Phi) is 5.61. The Labute approximate surface area is 187 Å². The number of halogens is 1. The summed E-state index contributed by atoms with van der Waals surface area (Å²) in [5.41, 5.74) is 2.49. The molecule has 1 N–H and O–H groups in total. The fraction of sp³-hybridized carbons (Fsp3) is 0.125. The van der Waals surface area contributed by atoms with Crippen LogP contribution in [0.2, 0.25) is 0 Å². The van der Waals surface area contributed by atoms with Gasteiger partial charge in [-0.1, -0.05) is 15.9 Å². The van der Waals surface area contributed by atoms with Crippen molar-refractivity contribution in [3.05, 3.63) is 93.7 Å². The largest absolute Gasteiger partial charge is 0.507 e. The van der Waals surface area contributed by atoms with Crippen molar-refractivity contribution in [3.63, 3.8) is 0 Å². The number of anilines is 1. The first-order valence-corrected chi connectivity index (χ1v) is 10.3. The minimum atomic E-state index is -0.786. The van der Waals surface area contributed by atoms with E-state index < -0.39 is 17.7 Å². The molecule has 1 unspecified atom stereocenters. The average Bonchev–Trinajstić information content (AvgIpc) is 3.05. The van der Waals surface area contributed by atoms with Gasteiger partial charge < -0.3 is 9.84 Å². The molecule has 1 fully saturated rings. The third-order valence-electron chi connectivity index (χ3n) is 5.24. The Morgan fingerprint density at radius 1 is 1.06 bits per heavy atom. The normalized spacial score (nSPS) is 17.8. The first-order valence-electron chi connectivity index (χ1n) is 9.54. The van der Waals surface area contributed by atoms with E-state index in [2.05, 4.69) is 20.9 Å². The summed E-state index contributed by atoms with van der Waals surface area (Å²) < 4.78 is 6.13. The number of carbonyl (C=O) groups excluding carboxylic acids is 2. The minimum Gasteiger partial charge on any atom is -0.507 e. The van der Waals surface area contributed by atoms with E-state index in [-0.39, 0.29) is 11.3 Å². The SMILES string of the molecule is COc1ccc(/C(O)=C2/C(=O)C(=O)N(c3ccc(Br)cc3)C2c2ccncc2)cc1C. The topological polar surface area (TPSA) is 79.7 Å². The highest BCUT2D eigenvalue weighted by atomic mass is 79.9. The summed E-state index contributed by atoms with van der Waals surface area (Å²) in [4.78, 5) is 31.6. The van der Waals surface area contributed by atoms with E-state index in [0.717, 1.165) is 10.0 Å². The highest BCUT2D eigenvalue weighted by molar-refractivity contribution is 9.10. The van der Waals surface area contributed by atoms with Gasteiger partial charge >= 0.3 is 0 Å². The molecule has 1 aliphatic heterocycles. The first kappa shape index (κ1) is 20.8. The summed E-state index contributed by atoms with van der Waals surface area (Å²) in [6.45, 7) is 1.84. The molecular weight excluding hydrogens is 460 g/mol. The Hall–Kier alpha value is -3.45. The van der Waals surface area contributed by atoms with Crippen molar-refractivity contribution < 1.29 is 19.4 Å². The number of hydrogen-bond acceptors (Lipinski definition) is 5. The number of amides is 1. The summed E-state index contributed by atoms with van der Waals surface area (Å²) >= 11 is 3.39. The van der Waals surface area contributed by atoms with Gasteiger partial charge in [0, 0.05) is 28.1 Å².